The Morgan fingerprint density at radius 1 is 1.12 bits per heavy atom. The van der Waals surface area contributed by atoms with Gasteiger partial charge in [-0.2, -0.15) is 0 Å². The van der Waals surface area contributed by atoms with Crippen molar-refractivity contribution in [3.05, 3.63) is 57.1 Å². The van der Waals surface area contributed by atoms with Gasteiger partial charge in [-0.05, 0) is 78.0 Å². The Balaban J connectivity index is 1.68. The topological polar surface area (TPSA) is 46.6 Å². The Bertz CT molecular complexity index is 860. The van der Waals surface area contributed by atoms with Gasteiger partial charge in [0.1, 0.15) is 5.75 Å². The second kappa shape index (κ2) is 7.00. The van der Waals surface area contributed by atoms with Gasteiger partial charge in [-0.1, -0.05) is 12.1 Å². The highest BCUT2D eigenvalue weighted by Crippen LogP contribution is 2.37. The summed E-state index contributed by atoms with van der Waals surface area (Å²) in [5, 5.41) is 0. The molecule has 5 heteroatoms. The summed E-state index contributed by atoms with van der Waals surface area (Å²) < 4.78 is 6.62. The van der Waals surface area contributed by atoms with Crippen LogP contribution in [0.2, 0.25) is 0 Å². The number of carbonyl (C=O) groups excluding carboxylic acids is 2. The first kappa shape index (κ1) is 17.7. The van der Waals surface area contributed by atoms with E-state index in [9.17, 15) is 9.59 Å². The lowest BCUT2D eigenvalue weighted by Gasteiger charge is -2.18. The third-order valence-electron chi connectivity index (χ3n) is 4.50. The van der Waals surface area contributed by atoms with E-state index >= 15 is 0 Å². The number of fused-ring (bicyclic) bond motifs is 1. The number of hydrogen-bond acceptors (Lipinski definition) is 3. The molecular weight excluding hydrogens is 382 g/mol. The SMILES string of the molecule is Cc1cc(Br)c2c(c1)C(=O)C(=O)N2CCCOc1cccc(C)c1C. The van der Waals surface area contributed by atoms with Gasteiger partial charge in [0, 0.05) is 11.0 Å². The lowest BCUT2D eigenvalue weighted by atomic mass is 10.1. The molecule has 0 saturated heterocycles. The Hall–Kier alpha value is -2.14. The fourth-order valence-electron chi connectivity index (χ4n) is 3.02. The molecule has 2 aromatic carbocycles. The molecule has 4 nitrogen and oxygen atoms in total. The number of amides is 1. The van der Waals surface area contributed by atoms with Gasteiger partial charge in [0.2, 0.25) is 0 Å². The average Bonchev–Trinajstić information content (AvgIpc) is 2.80. The normalized spacial score (nSPS) is 13.4. The minimum absolute atomic E-state index is 0.435. The second-order valence-corrected chi connectivity index (χ2v) is 7.18. The van der Waals surface area contributed by atoms with Crippen LogP contribution in [-0.2, 0) is 4.79 Å². The smallest absolute Gasteiger partial charge is 0.299 e. The summed E-state index contributed by atoms with van der Waals surface area (Å²) in [7, 11) is 0. The van der Waals surface area contributed by atoms with Crippen LogP contribution in [0.5, 0.6) is 5.75 Å². The molecule has 0 N–H and O–H groups in total. The molecule has 1 heterocycles. The fourth-order valence-corrected chi connectivity index (χ4v) is 3.81. The molecule has 3 rings (SSSR count). The Labute approximate surface area is 155 Å². The van der Waals surface area contributed by atoms with Crippen LogP contribution in [0.1, 0.15) is 33.5 Å². The zero-order chi connectivity index (χ0) is 18.1. The number of Topliss-reactive ketones (excluding diaryl/α,β-unsaturated/α-hetero) is 1. The average molecular weight is 402 g/mol. The van der Waals surface area contributed by atoms with Crippen molar-refractivity contribution in [2.24, 2.45) is 0 Å². The molecule has 0 radical (unpaired) electrons. The number of ether oxygens (including phenoxy) is 1. The van der Waals surface area contributed by atoms with Crippen molar-refractivity contribution in [3.63, 3.8) is 0 Å². The molecule has 25 heavy (non-hydrogen) atoms. The zero-order valence-electron chi connectivity index (χ0n) is 14.6. The number of halogens is 1. The predicted octanol–water partition coefficient (Wildman–Crippen LogP) is 4.37. The number of ketones is 1. The summed E-state index contributed by atoms with van der Waals surface area (Å²) in [6.45, 7) is 6.92. The monoisotopic (exact) mass is 401 g/mol. The highest BCUT2D eigenvalue weighted by molar-refractivity contribution is 9.10. The van der Waals surface area contributed by atoms with Crippen LogP contribution in [0.15, 0.2) is 34.8 Å². The third-order valence-corrected chi connectivity index (χ3v) is 5.10. The summed E-state index contributed by atoms with van der Waals surface area (Å²) >= 11 is 3.48. The maximum Gasteiger partial charge on any atom is 0.299 e. The number of rotatable bonds is 5. The number of nitrogens with zero attached hydrogens (tertiary/aromatic N) is 1. The fraction of sp³-hybridized carbons (Fsp3) is 0.300. The first-order chi connectivity index (χ1) is 11.9. The van der Waals surface area contributed by atoms with Crippen molar-refractivity contribution in [3.8, 4) is 5.75 Å². The lowest BCUT2D eigenvalue weighted by molar-refractivity contribution is -0.114. The first-order valence-corrected chi connectivity index (χ1v) is 9.05. The Kier molecular flexibility index (Phi) is 4.95. The predicted molar refractivity (Wildman–Crippen MR) is 102 cm³/mol. The van der Waals surface area contributed by atoms with Crippen molar-refractivity contribution in [2.45, 2.75) is 27.2 Å². The molecule has 0 atom stereocenters. The van der Waals surface area contributed by atoms with Crippen molar-refractivity contribution < 1.29 is 14.3 Å². The van der Waals surface area contributed by atoms with E-state index in [1.54, 1.807) is 11.0 Å². The van der Waals surface area contributed by atoms with Gasteiger partial charge >= 0.3 is 0 Å². The lowest BCUT2D eigenvalue weighted by Crippen LogP contribution is -2.31. The molecule has 0 aliphatic carbocycles. The molecular formula is C20H20BrNO3. The van der Waals surface area contributed by atoms with E-state index in [-0.39, 0.29) is 0 Å². The third kappa shape index (κ3) is 3.33. The van der Waals surface area contributed by atoms with E-state index in [0.29, 0.717) is 30.8 Å². The van der Waals surface area contributed by atoms with Crippen LogP contribution < -0.4 is 9.64 Å². The van der Waals surface area contributed by atoms with Crippen molar-refractivity contribution in [1.82, 2.24) is 0 Å². The van der Waals surface area contributed by atoms with E-state index in [0.717, 1.165) is 21.3 Å². The van der Waals surface area contributed by atoms with Crippen molar-refractivity contribution in [2.75, 3.05) is 18.1 Å². The number of benzene rings is 2. The van der Waals surface area contributed by atoms with E-state index in [4.69, 9.17) is 4.74 Å². The molecule has 0 aromatic heterocycles. The highest BCUT2D eigenvalue weighted by atomic mass is 79.9. The van der Waals surface area contributed by atoms with Gasteiger partial charge in [-0.3, -0.25) is 9.59 Å². The number of hydrogen-bond donors (Lipinski definition) is 0. The van der Waals surface area contributed by atoms with Gasteiger partial charge in [0.25, 0.3) is 11.7 Å². The summed E-state index contributed by atoms with van der Waals surface area (Å²) in [5.74, 6) is -0.0380. The van der Waals surface area contributed by atoms with Crippen molar-refractivity contribution >= 4 is 33.3 Å². The largest absolute Gasteiger partial charge is 0.493 e. The molecule has 0 spiro atoms. The number of anilines is 1. The minimum Gasteiger partial charge on any atom is -0.493 e. The molecule has 0 saturated carbocycles. The molecule has 0 fully saturated rings. The Morgan fingerprint density at radius 2 is 1.88 bits per heavy atom. The molecule has 0 bridgehead atoms. The summed E-state index contributed by atoms with van der Waals surface area (Å²) in [6, 6.07) is 9.65. The number of carbonyl (C=O) groups is 2. The highest BCUT2D eigenvalue weighted by Gasteiger charge is 2.37. The first-order valence-electron chi connectivity index (χ1n) is 8.25. The Morgan fingerprint density at radius 3 is 2.64 bits per heavy atom. The van der Waals surface area contributed by atoms with E-state index in [1.165, 1.54) is 5.56 Å². The summed E-state index contributed by atoms with van der Waals surface area (Å²) in [5.41, 5.74) is 4.41. The van der Waals surface area contributed by atoms with Crippen LogP contribution in [0.3, 0.4) is 0 Å². The maximum absolute atomic E-state index is 12.3. The molecule has 130 valence electrons. The van der Waals surface area contributed by atoms with Crippen molar-refractivity contribution in [1.29, 1.82) is 0 Å². The minimum atomic E-state index is -0.465. The van der Waals surface area contributed by atoms with Crippen LogP contribution in [0, 0.1) is 20.8 Å². The standard InChI is InChI=1S/C20H20BrNO3/c1-12-10-15-18(16(21)11-12)22(20(24)19(15)23)8-5-9-25-17-7-4-6-13(2)14(17)3/h4,6-7,10-11H,5,8-9H2,1-3H3. The van der Waals surface area contributed by atoms with Gasteiger partial charge in [0.05, 0.1) is 17.9 Å². The molecule has 1 aliphatic rings. The second-order valence-electron chi connectivity index (χ2n) is 6.33. The van der Waals surface area contributed by atoms with Crippen LogP contribution in [-0.4, -0.2) is 24.8 Å². The molecule has 2 aromatic rings. The van der Waals surface area contributed by atoms with Gasteiger partial charge in [-0.25, -0.2) is 0 Å². The van der Waals surface area contributed by atoms with Crippen LogP contribution >= 0.6 is 15.9 Å². The quantitative estimate of drug-likeness (QED) is 0.551. The number of aryl methyl sites for hydroxylation is 2. The molecule has 1 aliphatic heterocycles. The maximum atomic E-state index is 12.3. The summed E-state index contributed by atoms with van der Waals surface area (Å²) in [4.78, 5) is 26.1. The van der Waals surface area contributed by atoms with Crippen LogP contribution in [0.4, 0.5) is 5.69 Å². The van der Waals surface area contributed by atoms with Crippen LogP contribution in [0.25, 0.3) is 0 Å². The van der Waals surface area contributed by atoms with E-state index in [1.807, 2.05) is 45.0 Å². The molecule has 1 amide bonds. The summed E-state index contributed by atoms with van der Waals surface area (Å²) in [6.07, 6.45) is 0.645. The zero-order valence-corrected chi connectivity index (χ0v) is 16.1. The van der Waals surface area contributed by atoms with E-state index < -0.39 is 11.7 Å². The van der Waals surface area contributed by atoms with E-state index in [2.05, 4.69) is 15.9 Å². The van der Waals surface area contributed by atoms with Gasteiger partial charge < -0.3 is 9.64 Å². The van der Waals surface area contributed by atoms with Gasteiger partial charge in [0.15, 0.2) is 0 Å². The van der Waals surface area contributed by atoms with Gasteiger partial charge in [-0.15, -0.1) is 0 Å². The molecule has 0 unspecified atom stereocenters.